The summed E-state index contributed by atoms with van der Waals surface area (Å²) >= 11 is 0. The van der Waals surface area contributed by atoms with Gasteiger partial charge in [-0.2, -0.15) is 0 Å². The number of nitrogens with zero attached hydrogens (tertiary/aromatic N) is 1. The normalized spacial score (nSPS) is 32.5. The number of ketones is 1. The van der Waals surface area contributed by atoms with Crippen molar-refractivity contribution in [2.45, 2.75) is 50.1 Å². The molecule has 1 aliphatic rings. The highest BCUT2D eigenvalue weighted by atomic mass is 16.3. The lowest BCUT2D eigenvalue weighted by Crippen LogP contribution is -2.74. The fourth-order valence-electron chi connectivity index (χ4n) is 4.33. The lowest BCUT2D eigenvalue weighted by Gasteiger charge is -2.47. The molecular formula is C20H32N4O5. The number of hydrogen-bond acceptors (Lipinski definition) is 7. The Bertz CT molecular complexity index is 767. The Labute approximate surface area is 170 Å². The average Bonchev–Trinajstić information content (AvgIpc) is 2.79. The molecule has 6 atom stereocenters. The van der Waals surface area contributed by atoms with Crippen molar-refractivity contribution in [2.75, 3.05) is 26.0 Å². The summed E-state index contributed by atoms with van der Waals surface area (Å²) in [6, 6.07) is 4.59. The smallest absolute Gasteiger partial charge is 0.317 e. The van der Waals surface area contributed by atoms with Crippen LogP contribution in [-0.4, -0.2) is 82.1 Å². The largest absolute Gasteiger partial charge is 0.396 e. The molecule has 0 saturated heterocycles. The Morgan fingerprint density at radius 2 is 1.97 bits per heavy atom. The number of rotatable bonds is 6. The van der Waals surface area contributed by atoms with E-state index >= 15 is 0 Å². The van der Waals surface area contributed by atoms with Gasteiger partial charge in [-0.3, -0.25) is 4.79 Å². The van der Waals surface area contributed by atoms with Crippen LogP contribution in [0.15, 0.2) is 24.3 Å². The van der Waals surface area contributed by atoms with Crippen LogP contribution in [0.1, 0.15) is 31.1 Å². The second kappa shape index (κ2) is 8.27. The van der Waals surface area contributed by atoms with E-state index in [1.807, 2.05) is 0 Å². The van der Waals surface area contributed by atoms with Crippen LogP contribution in [0.3, 0.4) is 0 Å². The minimum Gasteiger partial charge on any atom is -0.396 e. The number of amides is 2. The van der Waals surface area contributed by atoms with Crippen molar-refractivity contribution in [1.29, 1.82) is 0 Å². The molecule has 1 fully saturated rings. The molecule has 1 aromatic rings. The van der Waals surface area contributed by atoms with E-state index in [9.17, 15) is 24.9 Å². The number of aliphatic hydroxyl groups is 3. The van der Waals surface area contributed by atoms with Crippen LogP contribution in [0.4, 0.5) is 10.5 Å². The number of aliphatic hydroxyl groups excluding tert-OH is 2. The number of anilines is 1. The van der Waals surface area contributed by atoms with Crippen LogP contribution >= 0.6 is 0 Å². The second-order valence-electron chi connectivity index (χ2n) is 8.14. The molecule has 2 amide bonds. The van der Waals surface area contributed by atoms with Crippen LogP contribution < -0.4 is 16.4 Å². The van der Waals surface area contributed by atoms with Crippen molar-refractivity contribution < 1.29 is 24.9 Å². The topological polar surface area (TPSA) is 148 Å². The van der Waals surface area contributed by atoms with Gasteiger partial charge < -0.3 is 36.6 Å². The van der Waals surface area contributed by atoms with Crippen molar-refractivity contribution in [3.63, 3.8) is 0 Å². The van der Waals surface area contributed by atoms with Crippen LogP contribution in [0.5, 0.6) is 0 Å². The van der Waals surface area contributed by atoms with Gasteiger partial charge in [-0.25, -0.2) is 4.79 Å². The van der Waals surface area contributed by atoms with E-state index in [-0.39, 0.29) is 5.78 Å². The monoisotopic (exact) mass is 408 g/mol. The number of carbonyl (C=O) groups excluding carboxylic acids is 2. The first-order chi connectivity index (χ1) is 13.4. The molecule has 7 N–H and O–H groups in total. The summed E-state index contributed by atoms with van der Waals surface area (Å²) in [7, 11) is 3.07. The fraction of sp³-hybridized carbons (Fsp3) is 0.600. The predicted molar refractivity (Wildman–Crippen MR) is 110 cm³/mol. The molecule has 0 heterocycles. The minimum atomic E-state index is -1.74. The molecule has 1 aromatic carbocycles. The quantitative estimate of drug-likeness (QED) is 0.356. The van der Waals surface area contributed by atoms with E-state index in [2.05, 4.69) is 10.6 Å². The number of Topliss-reactive ketones (excluding diaryl/α,β-unsaturated/α-hetero) is 1. The van der Waals surface area contributed by atoms with Gasteiger partial charge >= 0.3 is 6.03 Å². The van der Waals surface area contributed by atoms with Gasteiger partial charge in [0, 0.05) is 31.3 Å². The van der Waals surface area contributed by atoms with Gasteiger partial charge in [-0.1, -0.05) is 12.1 Å². The first-order valence-electron chi connectivity index (χ1n) is 9.54. The molecule has 0 radical (unpaired) electrons. The summed E-state index contributed by atoms with van der Waals surface area (Å²) in [6.07, 6.45) is -1.22. The Morgan fingerprint density at radius 3 is 2.45 bits per heavy atom. The zero-order valence-corrected chi connectivity index (χ0v) is 17.5. The van der Waals surface area contributed by atoms with Crippen molar-refractivity contribution in [2.24, 2.45) is 11.7 Å². The summed E-state index contributed by atoms with van der Waals surface area (Å²) in [5, 5.41) is 38.0. The third-order valence-corrected chi connectivity index (χ3v) is 6.08. The molecule has 9 heteroatoms. The maximum Gasteiger partial charge on any atom is 0.317 e. The van der Waals surface area contributed by atoms with E-state index in [1.54, 1.807) is 24.3 Å². The van der Waals surface area contributed by atoms with E-state index in [4.69, 9.17) is 5.73 Å². The number of nitrogens with two attached hydrogens (primary N) is 1. The molecule has 1 saturated carbocycles. The summed E-state index contributed by atoms with van der Waals surface area (Å²) in [4.78, 5) is 25.4. The molecule has 2 rings (SSSR count). The average molecular weight is 408 g/mol. The summed E-state index contributed by atoms with van der Waals surface area (Å²) in [5.41, 5.74) is 4.21. The Hall–Kier alpha value is -2.20. The number of carbonyl (C=O) groups is 2. The zero-order valence-electron chi connectivity index (χ0n) is 17.5. The van der Waals surface area contributed by atoms with Gasteiger partial charge in [0.15, 0.2) is 5.78 Å². The third kappa shape index (κ3) is 3.83. The third-order valence-electron chi connectivity index (χ3n) is 6.08. The maximum atomic E-state index is 12.4. The number of nitrogens with one attached hydrogen (secondary N) is 2. The fourth-order valence-corrected chi connectivity index (χ4v) is 4.33. The minimum absolute atomic E-state index is 0.105. The van der Waals surface area contributed by atoms with Gasteiger partial charge in [0.2, 0.25) is 0 Å². The highest BCUT2D eigenvalue weighted by Crippen LogP contribution is 2.46. The van der Waals surface area contributed by atoms with Crippen LogP contribution in [0.2, 0.25) is 0 Å². The van der Waals surface area contributed by atoms with E-state index < -0.39 is 47.9 Å². The molecule has 0 unspecified atom stereocenters. The van der Waals surface area contributed by atoms with Crippen molar-refractivity contribution in [1.82, 2.24) is 10.2 Å². The summed E-state index contributed by atoms with van der Waals surface area (Å²) in [5.74, 6) is -0.915. The number of benzene rings is 1. The van der Waals surface area contributed by atoms with Crippen LogP contribution in [-0.2, 0) is 0 Å². The van der Waals surface area contributed by atoms with Gasteiger partial charge in [0.1, 0.15) is 5.54 Å². The van der Waals surface area contributed by atoms with Crippen LogP contribution in [0, 0.1) is 5.92 Å². The van der Waals surface area contributed by atoms with Crippen molar-refractivity contribution in [3.8, 4) is 0 Å². The summed E-state index contributed by atoms with van der Waals surface area (Å²) < 4.78 is 0. The van der Waals surface area contributed by atoms with Gasteiger partial charge in [-0.05, 0) is 32.9 Å². The zero-order chi connectivity index (χ0) is 22.1. The van der Waals surface area contributed by atoms with E-state index in [0.29, 0.717) is 11.3 Å². The van der Waals surface area contributed by atoms with E-state index in [0.717, 1.165) is 0 Å². The Kier molecular flexibility index (Phi) is 6.58. The van der Waals surface area contributed by atoms with Gasteiger partial charge in [0.05, 0.1) is 30.4 Å². The molecule has 162 valence electrons. The number of urea groups is 1. The van der Waals surface area contributed by atoms with Crippen LogP contribution in [0.25, 0.3) is 0 Å². The van der Waals surface area contributed by atoms with Gasteiger partial charge in [-0.15, -0.1) is 0 Å². The first kappa shape index (κ1) is 23.1. The maximum absolute atomic E-state index is 12.4. The molecule has 1 aliphatic carbocycles. The molecule has 29 heavy (non-hydrogen) atoms. The Morgan fingerprint density at radius 1 is 1.34 bits per heavy atom. The molecule has 0 spiro atoms. The number of hydrogen-bond donors (Lipinski definition) is 6. The second-order valence-corrected chi connectivity index (χ2v) is 8.14. The van der Waals surface area contributed by atoms with Crippen molar-refractivity contribution >= 4 is 17.5 Å². The highest BCUT2D eigenvalue weighted by molar-refractivity contribution is 5.94. The van der Waals surface area contributed by atoms with Crippen molar-refractivity contribution in [3.05, 3.63) is 29.8 Å². The SMILES string of the molecule is CC(=O)c1cccc(N[C@H]2[C@H](N)[C@@](NC(=O)N(C)C)([C@H](C)O)[C@@](C)(O)[C@H]2CO)c1. The molecule has 0 bridgehead atoms. The standard InChI is InChI=1S/C20H32N4O5/c1-11(26)13-7-6-8-14(9-13)22-16-15(10-25)19(3,29)20(12(2)27,17(16)21)23-18(28)24(4)5/h6-9,12,15-17,22,25,27,29H,10,21H2,1-5H3,(H,23,28)/t12-,15-,16+,17-,19-,20-/m0/s1. The lowest BCUT2D eigenvalue weighted by molar-refractivity contribution is -0.101. The highest BCUT2D eigenvalue weighted by Gasteiger charge is 2.68. The Balaban J connectivity index is 2.50. The first-order valence-corrected chi connectivity index (χ1v) is 9.54. The molecule has 0 aliphatic heterocycles. The molecule has 9 nitrogen and oxygen atoms in total. The molecular weight excluding hydrogens is 376 g/mol. The van der Waals surface area contributed by atoms with E-state index in [1.165, 1.54) is 39.8 Å². The lowest BCUT2D eigenvalue weighted by atomic mass is 9.75. The predicted octanol–water partition coefficient (Wildman–Crippen LogP) is -0.239. The summed E-state index contributed by atoms with van der Waals surface area (Å²) in [6.45, 7) is 3.91. The molecule has 0 aromatic heterocycles. The van der Waals surface area contributed by atoms with Gasteiger partial charge in [0.25, 0.3) is 0 Å².